The van der Waals surface area contributed by atoms with Crippen molar-refractivity contribution in [3.8, 4) is 5.88 Å². The van der Waals surface area contributed by atoms with Crippen molar-refractivity contribution in [1.82, 2.24) is 15.3 Å². The molecule has 148 valence electrons. The number of nitrogens with one attached hydrogen (secondary N) is 1. The van der Waals surface area contributed by atoms with Gasteiger partial charge in [-0.1, -0.05) is 13.8 Å². The van der Waals surface area contributed by atoms with Crippen molar-refractivity contribution >= 4 is 33.4 Å². The maximum atomic E-state index is 12.7. The first kappa shape index (κ1) is 21.0. The van der Waals surface area contributed by atoms with Crippen LogP contribution in [0.2, 0.25) is 0 Å². The number of fused-ring (bicyclic) bond motifs is 1. The number of carbonyl (C=O) groups is 2. The van der Waals surface area contributed by atoms with Crippen LogP contribution in [-0.2, 0) is 16.1 Å². The molecular formula is C18H25N3O5S. The molecule has 0 saturated carbocycles. The van der Waals surface area contributed by atoms with Crippen molar-refractivity contribution in [2.24, 2.45) is 5.41 Å². The van der Waals surface area contributed by atoms with Crippen LogP contribution in [-0.4, -0.2) is 47.7 Å². The summed E-state index contributed by atoms with van der Waals surface area (Å²) in [6.07, 6.45) is 0.869. The number of nitrogens with zero attached hydrogens (tertiary/aromatic N) is 2. The van der Waals surface area contributed by atoms with Gasteiger partial charge in [0, 0.05) is 13.7 Å². The molecule has 2 heterocycles. The lowest BCUT2D eigenvalue weighted by molar-refractivity contribution is -0.149. The number of carboxylic acids is 1. The summed E-state index contributed by atoms with van der Waals surface area (Å²) in [5, 5.41) is 13.0. The van der Waals surface area contributed by atoms with E-state index in [1.165, 1.54) is 18.4 Å². The normalized spacial score (nSPS) is 11.6. The van der Waals surface area contributed by atoms with E-state index in [1.807, 2.05) is 13.8 Å². The van der Waals surface area contributed by atoms with Crippen molar-refractivity contribution in [1.29, 1.82) is 0 Å². The van der Waals surface area contributed by atoms with Gasteiger partial charge in [-0.25, -0.2) is 4.98 Å². The molecular weight excluding hydrogens is 370 g/mol. The number of carbonyl (C=O) groups excluding carboxylic acids is 1. The SMILES string of the molecule is CCC(CC)(CNC(=O)c1sc2nc(COC)nc(OC)c2c1C)C(=O)O. The molecule has 0 saturated heterocycles. The van der Waals surface area contributed by atoms with Crippen LogP contribution in [0.1, 0.15) is 47.7 Å². The number of ether oxygens (including phenoxy) is 2. The monoisotopic (exact) mass is 395 g/mol. The maximum absolute atomic E-state index is 12.7. The summed E-state index contributed by atoms with van der Waals surface area (Å²) >= 11 is 1.23. The Bertz CT molecular complexity index is 845. The molecule has 0 aliphatic rings. The number of hydrogen-bond donors (Lipinski definition) is 2. The average molecular weight is 395 g/mol. The van der Waals surface area contributed by atoms with E-state index >= 15 is 0 Å². The van der Waals surface area contributed by atoms with Crippen LogP contribution in [0, 0.1) is 12.3 Å². The molecule has 2 N–H and O–H groups in total. The number of aromatic nitrogens is 2. The van der Waals surface area contributed by atoms with Crippen LogP contribution < -0.4 is 10.1 Å². The second-order valence-electron chi connectivity index (χ2n) is 6.29. The highest BCUT2D eigenvalue weighted by atomic mass is 32.1. The summed E-state index contributed by atoms with van der Waals surface area (Å²) in [4.78, 5) is 34.2. The largest absolute Gasteiger partial charge is 0.481 e. The minimum Gasteiger partial charge on any atom is -0.481 e. The molecule has 0 bridgehead atoms. The average Bonchev–Trinajstić information content (AvgIpc) is 2.99. The van der Waals surface area contributed by atoms with E-state index < -0.39 is 11.4 Å². The summed E-state index contributed by atoms with van der Waals surface area (Å²) in [6, 6.07) is 0. The summed E-state index contributed by atoms with van der Waals surface area (Å²) in [7, 11) is 3.06. The van der Waals surface area contributed by atoms with E-state index in [0.717, 1.165) is 0 Å². The Morgan fingerprint density at radius 3 is 2.41 bits per heavy atom. The summed E-state index contributed by atoms with van der Waals surface area (Å²) in [5.74, 6) is -0.366. The second kappa shape index (κ2) is 8.62. The highest BCUT2D eigenvalue weighted by Gasteiger charge is 2.35. The molecule has 9 heteroatoms. The number of amides is 1. The predicted molar refractivity (Wildman–Crippen MR) is 102 cm³/mol. The summed E-state index contributed by atoms with van der Waals surface area (Å²) < 4.78 is 10.4. The number of rotatable bonds is 9. The van der Waals surface area contributed by atoms with E-state index in [4.69, 9.17) is 9.47 Å². The molecule has 27 heavy (non-hydrogen) atoms. The molecule has 2 rings (SSSR count). The Kier molecular flexibility index (Phi) is 6.72. The molecule has 2 aromatic heterocycles. The van der Waals surface area contributed by atoms with Gasteiger partial charge in [0.05, 0.1) is 22.8 Å². The van der Waals surface area contributed by atoms with E-state index in [2.05, 4.69) is 15.3 Å². The third-order valence-corrected chi connectivity index (χ3v) is 6.06. The number of aliphatic carboxylic acids is 1. The smallest absolute Gasteiger partial charge is 0.311 e. The third-order valence-electron chi connectivity index (χ3n) is 4.87. The Labute approximate surface area is 161 Å². The van der Waals surface area contributed by atoms with Crippen molar-refractivity contribution in [3.63, 3.8) is 0 Å². The van der Waals surface area contributed by atoms with Gasteiger partial charge in [0.15, 0.2) is 5.82 Å². The van der Waals surface area contributed by atoms with Crippen molar-refractivity contribution < 1.29 is 24.2 Å². The van der Waals surface area contributed by atoms with E-state index in [1.54, 1.807) is 14.0 Å². The minimum atomic E-state index is -0.969. The zero-order valence-corrected chi connectivity index (χ0v) is 17.0. The van der Waals surface area contributed by atoms with Crippen molar-refractivity contribution in [2.75, 3.05) is 20.8 Å². The van der Waals surface area contributed by atoms with Gasteiger partial charge in [-0.15, -0.1) is 11.3 Å². The van der Waals surface area contributed by atoms with Crippen LogP contribution >= 0.6 is 11.3 Å². The highest BCUT2D eigenvalue weighted by Crippen LogP contribution is 2.35. The van der Waals surface area contributed by atoms with Crippen LogP contribution in [0.5, 0.6) is 5.88 Å². The fraction of sp³-hybridized carbons (Fsp3) is 0.556. The topological polar surface area (TPSA) is 111 Å². The molecule has 0 aliphatic heterocycles. The molecule has 0 spiro atoms. The van der Waals surface area contributed by atoms with Crippen molar-refractivity contribution in [2.45, 2.75) is 40.2 Å². The quantitative estimate of drug-likeness (QED) is 0.671. The third kappa shape index (κ3) is 4.03. The van der Waals surface area contributed by atoms with Crippen LogP contribution in [0.4, 0.5) is 0 Å². The van der Waals surface area contributed by atoms with Gasteiger partial charge in [-0.05, 0) is 25.3 Å². The second-order valence-corrected chi connectivity index (χ2v) is 7.29. The zero-order chi connectivity index (χ0) is 20.2. The first-order valence-electron chi connectivity index (χ1n) is 8.68. The van der Waals surface area contributed by atoms with Crippen LogP contribution in [0.25, 0.3) is 10.2 Å². The highest BCUT2D eigenvalue weighted by molar-refractivity contribution is 7.20. The van der Waals surface area contributed by atoms with Crippen LogP contribution in [0.3, 0.4) is 0 Å². The molecule has 8 nitrogen and oxygen atoms in total. The van der Waals surface area contributed by atoms with Gasteiger partial charge >= 0.3 is 5.97 Å². The van der Waals surface area contributed by atoms with Gasteiger partial charge in [0.2, 0.25) is 5.88 Å². The lowest BCUT2D eigenvalue weighted by atomic mass is 9.82. The number of aryl methyl sites for hydroxylation is 1. The lowest BCUT2D eigenvalue weighted by Gasteiger charge is -2.26. The molecule has 0 aliphatic carbocycles. The van der Waals surface area contributed by atoms with E-state index in [0.29, 0.717) is 45.2 Å². The summed E-state index contributed by atoms with van der Waals surface area (Å²) in [6.45, 7) is 5.73. The fourth-order valence-corrected chi connectivity index (χ4v) is 4.02. The van der Waals surface area contributed by atoms with Crippen LogP contribution in [0.15, 0.2) is 0 Å². The molecule has 0 radical (unpaired) electrons. The van der Waals surface area contributed by atoms with Gasteiger partial charge in [0.25, 0.3) is 5.91 Å². The Balaban J connectivity index is 2.36. The number of hydrogen-bond acceptors (Lipinski definition) is 7. The number of thiophene rings is 1. The molecule has 1 amide bonds. The fourth-order valence-electron chi connectivity index (χ4n) is 2.91. The molecule has 0 atom stereocenters. The Morgan fingerprint density at radius 2 is 1.89 bits per heavy atom. The molecule has 0 aromatic carbocycles. The number of methoxy groups -OCH3 is 2. The zero-order valence-electron chi connectivity index (χ0n) is 16.2. The molecule has 0 fully saturated rings. The summed E-state index contributed by atoms with van der Waals surface area (Å²) in [5.41, 5.74) is -0.258. The first-order chi connectivity index (χ1) is 12.8. The standard InChI is InChI=1S/C18H25N3O5S/c1-6-18(7-2,17(23)24)9-19-14(22)13-10(3)12-15(26-5)20-11(8-25-4)21-16(12)27-13/h6-9H2,1-5H3,(H,19,22)(H,23,24). The molecule has 2 aromatic rings. The van der Waals surface area contributed by atoms with Gasteiger partial charge in [0.1, 0.15) is 11.4 Å². The maximum Gasteiger partial charge on any atom is 0.311 e. The van der Waals surface area contributed by atoms with Gasteiger partial charge in [-0.3, -0.25) is 9.59 Å². The Morgan fingerprint density at radius 1 is 1.22 bits per heavy atom. The van der Waals surface area contributed by atoms with Crippen molar-refractivity contribution in [3.05, 3.63) is 16.3 Å². The minimum absolute atomic E-state index is 0.0690. The number of carboxylic acid groups (broad SMARTS) is 1. The predicted octanol–water partition coefficient (Wildman–Crippen LogP) is 2.78. The Hall–Kier alpha value is -2.26. The van der Waals surface area contributed by atoms with E-state index in [-0.39, 0.29) is 19.1 Å². The molecule has 0 unspecified atom stereocenters. The van der Waals surface area contributed by atoms with Gasteiger partial charge in [-0.2, -0.15) is 4.98 Å². The first-order valence-corrected chi connectivity index (χ1v) is 9.49. The lowest BCUT2D eigenvalue weighted by Crippen LogP contribution is -2.42. The van der Waals surface area contributed by atoms with E-state index in [9.17, 15) is 14.7 Å². The van der Waals surface area contributed by atoms with Gasteiger partial charge < -0.3 is 19.9 Å².